The first kappa shape index (κ1) is 16.6. The maximum absolute atomic E-state index is 12.4. The minimum absolute atomic E-state index is 0.0740. The Hall–Kier alpha value is -3.27. The summed E-state index contributed by atoms with van der Waals surface area (Å²) in [7, 11) is 1.49. The number of methoxy groups -OCH3 is 1. The molecular formula is C21H18NO3. The van der Waals surface area contributed by atoms with Gasteiger partial charge in [-0.05, 0) is 53.1 Å². The maximum Gasteiger partial charge on any atom is 0.251 e. The van der Waals surface area contributed by atoms with E-state index in [1.807, 2.05) is 42.5 Å². The van der Waals surface area contributed by atoms with E-state index < -0.39 is 0 Å². The summed E-state index contributed by atoms with van der Waals surface area (Å²) in [5, 5.41) is 12.5. The molecule has 4 nitrogen and oxygen atoms in total. The highest BCUT2D eigenvalue weighted by Crippen LogP contribution is 2.26. The molecule has 0 aliphatic rings. The molecule has 3 rings (SSSR count). The maximum atomic E-state index is 12.4. The zero-order chi connectivity index (χ0) is 17.6. The third-order valence-electron chi connectivity index (χ3n) is 3.86. The number of amides is 1. The largest absolute Gasteiger partial charge is 0.504 e. The Bertz CT molecular complexity index is 875. The standard InChI is InChI=1S/C21H18NO3/c1-25-20-12-15(10-11-19(20)23)14-22-21(24)18-9-5-8-17(13-18)16-6-3-2-4-7-16/h2-3,5-13,23H,14H2,1H3,(H,22,24). The molecule has 25 heavy (non-hydrogen) atoms. The number of rotatable bonds is 5. The van der Waals surface area contributed by atoms with Gasteiger partial charge in [0.25, 0.3) is 5.91 Å². The first-order chi connectivity index (χ1) is 12.2. The molecule has 0 fully saturated rings. The summed E-state index contributed by atoms with van der Waals surface area (Å²) in [6.45, 7) is 0.346. The van der Waals surface area contributed by atoms with Crippen molar-refractivity contribution in [3.63, 3.8) is 0 Å². The molecular weight excluding hydrogens is 314 g/mol. The van der Waals surface area contributed by atoms with Gasteiger partial charge in [-0.15, -0.1) is 0 Å². The summed E-state index contributed by atoms with van der Waals surface area (Å²) in [5.74, 6) is 0.299. The molecule has 0 atom stereocenters. The monoisotopic (exact) mass is 332 g/mol. The number of hydrogen-bond donors (Lipinski definition) is 2. The summed E-state index contributed by atoms with van der Waals surface area (Å²) in [6.07, 6.45) is 0. The summed E-state index contributed by atoms with van der Waals surface area (Å²) < 4.78 is 5.08. The fourth-order valence-corrected chi connectivity index (χ4v) is 2.53. The molecule has 0 spiro atoms. The normalized spacial score (nSPS) is 10.3. The molecule has 0 heterocycles. The number of benzene rings is 3. The molecule has 0 unspecified atom stereocenters. The van der Waals surface area contributed by atoms with Crippen molar-refractivity contribution in [2.45, 2.75) is 6.54 Å². The fourth-order valence-electron chi connectivity index (χ4n) is 2.53. The van der Waals surface area contributed by atoms with Crippen LogP contribution < -0.4 is 10.1 Å². The van der Waals surface area contributed by atoms with E-state index in [9.17, 15) is 9.90 Å². The first-order valence-electron chi connectivity index (χ1n) is 7.88. The topological polar surface area (TPSA) is 58.6 Å². The number of phenolic OH excluding ortho intramolecular Hbond substituents is 1. The molecule has 0 bridgehead atoms. The lowest BCUT2D eigenvalue weighted by molar-refractivity contribution is 0.0951. The average Bonchev–Trinajstić information content (AvgIpc) is 2.68. The molecule has 2 N–H and O–H groups in total. The lowest BCUT2D eigenvalue weighted by Gasteiger charge is -2.09. The van der Waals surface area contributed by atoms with E-state index in [0.717, 1.165) is 16.7 Å². The number of carbonyl (C=O) groups is 1. The number of ether oxygens (including phenoxy) is 1. The quantitative estimate of drug-likeness (QED) is 0.747. The van der Waals surface area contributed by atoms with Crippen LogP contribution in [0.2, 0.25) is 0 Å². The summed E-state index contributed by atoms with van der Waals surface area (Å²) in [4.78, 5) is 12.4. The van der Waals surface area contributed by atoms with Crippen LogP contribution >= 0.6 is 0 Å². The summed E-state index contributed by atoms with van der Waals surface area (Å²) in [5.41, 5.74) is 3.42. The van der Waals surface area contributed by atoms with Gasteiger partial charge in [0.1, 0.15) is 0 Å². The second kappa shape index (κ2) is 7.53. The summed E-state index contributed by atoms with van der Waals surface area (Å²) >= 11 is 0. The third-order valence-corrected chi connectivity index (χ3v) is 3.86. The molecule has 0 aliphatic heterocycles. The minimum Gasteiger partial charge on any atom is -0.504 e. The van der Waals surface area contributed by atoms with E-state index in [1.165, 1.54) is 7.11 Å². The Labute approximate surface area is 146 Å². The predicted molar refractivity (Wildman–Crippen MR) is 96.5 cm³/mol. The highest BCUT2D eigenvalue weighted by Gasteiger charge is 2.08. The van der Waals surface area contributed by atoms with Crippen LogP contribution in [0.5, 0.6) is 11.5 Å². The second-order valence-corrected chi connectivity index (χ2v) is 5.56. The van der Waals surface area contributed by atoms with Crippen molar-refractivity contribution < 1.29 is 14.6 Å². The highest BCUT2D eigenvalue weighted by atomic mass is 16.5. The Morgan fingerprint density at radius 1 is 1.12 bits per heavy atom. The van der Waals surface area contributed by atoms with Crippen LogP contribution in [0.4, 0.5) is 0 Å². The van der Waals surface area contributed by atoms with Gasteiger partial charge in [-0.3, -0.25) is 4.79 Å². The van der Waals surface area contributed by atoms with Crippen molar-refractivity contribution in [1.82, 2.24) is 5.32 Å². The van der Waals surface area contributed by atoms with Crippen molar-refractivity contribution in [2.24, 2.45) is 0 Å². The van der Waals surface area contributed by atoms with Gasteiger partial charge in [0.05, 0.1) is 7.11 Å². The molecule has 3 aromatic rings. The van der Waals surface area contributed by atoms with E-state index >= 15 is 0 Å². The van der Waals surface area contributed by atoms with Gasteiger partial charge in [-0.25, -0.2) is 0 Å². The van der Waals surface area contributed by atoms with Crippen LogP contribution in [0.25, 0.3) is 11.1 Å². The highest BCUT2D eigenvalue weighted by molar-refractivity contribution is 5.95. The van der Waals surface area contributed by atoms with Gasteiger partial charge in [-0.2, -0.15) is 0 Å². The minimum atomic E-state index is -0.159. The van der Waals surface area contributed by atoms with E-state index in [1.54, 1.807) is 24.3 Å². The van der Waals surface area contributed by atoms with E-state index in [2.05, 4.69) is 11.4 Å². The first-order valence-corrected chi connectivity index (χ1v) is 7.88. The van der Waals surface area contributed by atoms with Crippen LogP contribution in [0, 0.1) is 6.07 Å². The van der Waals surface area contributed by atoms with Crippen molar-refractivity contribution in [3.05, 3.63) is 83.9 Å². The summed E-state index contributed by atoms with van der Waals surface area (Å²) in [6, 6.07) is 23.1. The van der Waals surface area contributed by atoms with Crippen molar-refractivity contribution in [2.75, 3.05) is 7.11 Å². The fraction of sp³-hybridized carbons (Fsp3) is 0.0952. The van der Waals surface area contributed by atoms with Crippen LogP contribution in [0.15, 0.2) is 66.7 Å². The lowest BCUT2D eigenvalue weighted by atomic mass is 10.0. The SMILES string of the molecule is COc1cc(CNC(=O)c2cccc(-c3c[c]ccc3)c2)ccc1O. The average molecular weight is 332 g/mol. The molecule has 0 aromatic heterocycles. The molecule has 4 heteroatoms. The Morgan fingerprint density at radius 2 is 1.96 bits per heavy atom. The molecule has 3 aromatic carbocycles. The number of phenols is 1. The van der Waals surface area contributed by atoms with Crippen LogP contribution in [0.1, 0.15) is 15.9 Å². The number of hydrogen-bond acceptors (Lipinski definition) is 3. The predicted octanol–water partition coefficient (Wildman–Crippen LogP) is 3.80. The number of nitrogens with one attached hydrogen (secondary N) is 1. The van der Waals surface area contributed by atoms with Gasteiger partial charge in [0.15, 0.2) is 11.5 Å². The molecule has 1 amide bonds. The van der Waals surface area contributed by atoms with Gasteiger partial charge in [0.2, 0.25) is 0 Å². The van der Waals surface area contributed by atoms with Gasteiger partial charge in [0, 0.05) is 12.1 Å². The smallest absolute Gasteiger partial charge is 0.251 e. The van der Waals surface area contributed by atoms with Crippen molar-refractivity contribution in [1.29, 1.82) is 0 Å². The molecule has 1 radical (unpaired) electrons. The second-order valence-electron chi connectivity index (χ2n) is 5.56. The zero-order valence-corrected chi connectivity index (χ0v) is 13.8. The molecule has 0 aliphatic carbocycles. The molecule has 0 saturated heterocycles. The van der Waals surface area contributed by atoms with Crippen LogP contribution in [-0.2, 0) is 6.54 Å². The zero-order valence-electron chi connectivity index (χ0n) is 13.8. The van der Waals surface area contributed by atoms with Crippen LogP contribution in [0.3, 0.4) is 0 Å². The van der Waals surface area contributed by atoms with E-state index in [0.29, 0.717) is 17.9 Å². The van der Waals surface area contributed by atoms with Crippen molar-refractivity contribution >= 4 is 5.91 Å². The van der Waals surface area contributed by atoms with E-state index in [4.69, 9.17) is 4.74 Å². The Morgan fingerprint density at radius 3 is 2.72 bits per heavy atom. The van der Waals surface area contributed by atoms with E-state index in [-0.39, 0.29) is 11.7 Å². The number of aromatic hydroxyl groups is 1. The molecule has 0 saturated carbocycles. The molecule has 125 valence electrons. The third kappa shape index (κ3) is 3.98. The Balaban J connectivity index is 1.72. The van der Waals surface area contributed by atoms with Crippen molar-refractivity contribution in [3.8, 4) is 22.6 Å². The lowest BCUT2D eigenvalue weighted by Crippen LogP contribution is -2.22. The number of carbonyl (C=O) groups excluding carboxylic acids is 1. The van der Waals surface area contributed by atoms with Gasteiger partial charge >= 0.3 is 0 Å². The van der Waals surface area contributed by atoms with Gasteiger partial charge in [-0.1, -0.05) is 36.4 Å². The Kier molecular flexibility index (Phi) is 5.00. The van der Waals surface area contributed by atoms with Crippen LogP contribution in [-0.4, -0.2) is 18.1 Å². The van der Waals surface area contributed by atoms with Gasteiger partial charge < -0.3 is 15.2 Å².